The van der Waals surface area contributed by atoms with Gasteiger partial charge in [0, 0.05) is 11.8 Å². The summed E-state index contributed by atoms with van der Waals surface area (Å²) in [6.07, 6.45) is -0.730. The second kappa shape index (κ2) is 8.41. The van der Waals surface area contributed by atoms with E-state index >= 15 is 0 Å². The Bertz CT molecular complexity index is 1020. The van der Waals surface area contributed by atoms with Gasteiger partial charge in [-0.15, -0.1) is 0 Å². The zero-order valence-electron chi connectivity index (χ0n) is 16.6. The summed E-state index contributed by atoms with van der Waals surface area (Å²) >= 11 is 0. The van der Waals surface area contributed by atoms with Gasteiger partial charge in [0.2, 0.25) is 0 Å². The van der Waals surface area contributed by atoms with Crippen LogP contribution in [0.25, 0.3) is 11.1 Å². The van der Waals surface area contributed by atoms with E-state index in [-0.39, 0.29) is 12.5 Å². The molecule has 0 saturated carbocycles. The fourth-order valence-electron chi connectivity index (χ4n) is 4.12. The van der Waals surface area contributed by atoms with Crippen molar-refractivity contribution < 1.29 is 19.4 Å². The summed E-state index contributed by atoms with van der Waals surface area (Å²) in [6.45, 7) is 1.92. The van der Waals surface area contributed by atoms with E-state index in [9.17, 15) is 14.7 Å². The van der Waals surface area contributed by atoms with Gasteiger partial charge in [0.25, 0.3) is 0 Å². The van der Waals surface area contributed by atoms with Gasteiger partial charge in [-0.1, -0.05) is 85.8 Å². The molecule has 152 valence electrons. The van der Waals surface area contributed by atoms with E-state index < -0.39 is 24.0 Å². The van der Waals surface area contributed by atoms with Gasteiger partial charge in [-0.05, 0) is 27.8 Å². The first-order valence-corrected chi connectivity index (χ1v) is 9.95. The molecule has 3 aromatic rings. The highest BCUT2D eigenvalue weighted by molar-refractivity contribution is 5.81. The van der Waals surface area contributed by atoms with Gasteiger partial charge < -0.3 is 15.2 Å². The summed E-state index contributed by atoms with van der Waals surface area (Å²) in [5.74, 6) is -1.57. The van der Waals surface area contributed by atoms with E-state index in [1.54, 1.807) is 6.92 Å². The average molecular weight is 401 g/mol. The van der Waals surface area contributed by atoms with Crippen molar-refractivity contribution in [3.63, 3.8) is 0 Å². The smallest absolute Gasteiger partial charge is 0.407 e. The molecule has 3 aromatic carbocycles. The minimum atomic E-state index is -1.10. The van der Waals surface area contributed by atoms with Crippen LogP contribution >= 0.6 is 0 Å². The number of carboxylic acids is 1. The molecule has 5 heteroatoms. The van der Waals surface area contributed by atoms with E-state index in [1.807, 2.05) is 66.7 Å². The molecule has 2 atom stereocenters. The lowest BCUT2D eigenvalue weighted by Crippen LogP contribution is -2.44. The van der Waals surface area contributed by atoms with Crippen molar-refractivity contribution in [2.75, 3.05) is 6.61 Å². The highest BCUT2D eigenvalue weighted by atomic mass is 16.5. The lowest BCUT2D eigenvalue weighted by Gasteiger charge is -2.22. The first-order valence-electron chi connectivity index (χ1n) is 9.95. The van der Waals surface area contributed by atoms with E-state index in [2.05, 4.69) is 17.4 Å². The third kappa shape index (κ3) is 3.79. The number of carbonyl (C=O) groups is 2. The molecule has 0 fully saturated rings. The second-order valence-corrected chi connectivity index (χ2v) is 7.49. The number of hydrogen-bond acceptors (Lipinski definition) is 3. The van der Waals surface area contributed by atoms with E-state index in [4.69, 9.17) is 4.74 Å². The normalized spacial score (nSPS) is 14.3. The van der Waals surface area contributed by atoms with E-state index in [1.165, 1.54) is 0 Å². The zero-order chi connectivity index (χ0) is 21.1. The van der Waals surface area contributed by atoms with Crippen molar-refractivity contribution in [3.8, 4) is 11.1 Å². The highest BCUT2D eigenvalue weighted by Gasteiger charge is 2.31. The summed E-state index contributed by atoms with van der Waals surface area (Å²) in [6, 6.07) is 24.3. The van der Waals surface area contributed by atoms with Crippen LogP contribution in [-0.4, -0.2) is 29.8 Å². The summed E-state index contributed by atoms with van der Waals surface area (Å²) < 4.78 is 5.49. The molecule has 0 saturated heterocycles. The van der Waals surface area contributed by atoms with Crippen LogP contribution in [0.3, 0.4) is 0 Å². The lowest BCUT2D eigenvalue weighted by atomic mass is 9.93. The van der Waals surface area contributed by atoms with Crippen molar-refractivity contribution in [1.82, 2.24) is 5.32 Å². The Kier molecular flexibility index (Phi) is 5.53. The number of alkyl carbamates (subject to hydrolysis) is 1. The fraction of sp³-hybridized carbons (Fsp3) is 0.200. The van der Waals surface area contributed by atoms with E-state index in [0.717, 1.165) is 27.8 Å². The van der Waals surface area contributed by atoms with Crippen LogP contribution in [0.4, 0.5) is 4.79 Å². The number of nitrogens with one attached hydrogen (secondary N) is 1. The van der Waals surface area contributed by atoms with Crippen LogP contribution in [0.1, 0.15) is 35.4 Å². The number of carboxylic acid groups (broad SMARTS) is 1. The molecule has 0 spiro atoms. The molecule has 30 heavy (non-hydrogen) atoms. The Morgan fingerprint density at radius 2 is 1.43 bits per heavy atom. The number of hydrogen-bond donors (Lipinski definition) is 2. The Balaban J connectivity index is 1.46. The van der Waals surface area contributed by atoms with Crippen LogP contribution in [0.15, 0.2) is 78.9 Å². The minimum absolute atomic E-state index is 0.0713. The Morgan fingerprint density at radius 3 is 2.00 bits per heavy atom. The minimum Gasteiger partial charge on any atom is -0.480 e. The third-order valence-corrected chi connectivity index (χ3v) is 5.71. The molecule has 0 radical (unpaired) electrons. The summed E-state index contributed by atoms with van der Waals surface area (Å²) in [5.41, 5.74) is 5.34. The molecule has 1 amide bonds. The predicted molar refractivity (Wildman–Crippen MR) is 114 cm³/mol. The van der Waals surface area contributed by atoms with E-state index in [0.29, 0.717) is 0 Å². The predicted octanol–water partition coefficient (Wildman–Crippen LogP) is 4.78. The molecule has 0 aliphatic heterocycles. The fourth-order valence-corrected chi connectivity index (χ4v) is 4.12. The van der Waals surface area contributed by atoms with Gasteiger partial charge in [0.15, 0.2) is 0 Å². The van der Waals surface area contributed by atoms with Gasteiger partial charge >= 0.3 is 12.1 Å². The number of ether oxygens (including phenoxy) is 1. The van der Waals surface area contributed by atoms with Gasteiger partial charge in [0.05, 0.1) is 0 Å². The zero-order valence-corrected chi connectivity index (χ0v) is 16.6. The summed E-state index contributed by atoms with van der Waals surface area (Å²) in [7, 11) is 0. The van der Waals surface area contributed by atoms with Crippen LogP contribution < -0.4 is 5.32 Å². The standard InChI is InChI=1S/C25H23NO4/c1-16(17-9-3-2-4-10-17)23(24(27)28)26-25(29)30-15-22-20-13-7-5-11-18(20)19-12-6-8-14-21(19)22/h2-14,16,22-23H,15H2,1H3,(H,26,29)(H,27,28)/t16-,23-/m0/s1. The quantitative estimate of drug-likeness (QED) is 0.623. The summed E-state index contributed by atoms with van der Waals surface area (Å²) in [5, 5.41) is 12.1. The number of amides is 1. The van der Waals surface area contributed by atoms with Crippen molar-refractivity contribution in [1.29, 1.82) is 0 Å². The van der Waals surface area contributed by atoms with Crippen molar-refractivity contribution in [2.24, 2.45) is 0 Å². The molecule has 0 aromatic heterocycles. The van der Waals surface area contributed by atoms with Crippen molar-refractivity contribution >= 4 is 12.1 Å². The molecule has 4 rings (SSSR count). The maximum Gasteiger partial charge on any atom is 0.407 e. The monoisotopic (exact) mass is 401 g/mol. The summed E-state index contributed by atoms with van der Waals surface area (Å²) in [4.78, 5) is 24.2. The molecule has 0 bridgehead atoms. The maximum atomic E-state index is 12.5. The molecule has 0 unspecified atom stereocenters. The number of fused-ring (bicyclic) bond motifs is 3. The number of aliphatic carboxylic acids is 1. The Morgan fingerprint density at radius 1 is 0.900 bits per heavy atom. The third-order valence-electron chi connectivity index (χ3n) is 5.71. The molecule has 1 aliphatic carbocycles. The van der Waals surface area contributed by atoms with Gasteiger partial charge in [-0.25, -0.2) is 9.59 Å². The van der Waals surface area contributed by atoms with Crippen LogP contribution in [0, 0.1) is 0 Å². The molecule has 5 nitrogen and oxygen atoms in total. The highest BCUT2D eigenvalue weighted by Crippen LogP contribution is 2.44. The van der Waals surface area contributed by atoms with Gasteiger partial charge in [-0.2, -0.15) is 0 Å². The number of carbonyl (C=O) groups excluding carboxylic acids is 1. The SMILES string of the molecule is C[C@@H](c1ccccc1)[C@H](NC(=O)OCC1c2ccccc2-c2ccccc21)C(=O)O. The number of rotatable bonds is 6. The largest absolute Gasteiger partial charge is 0.480 e. The molecule has 1 aliphatic rings. The van der Waals surface area contributed by atoms with Crippen LogP contribution in [-0.2, 0) is 9.53 Å². The Hall–Kier alpha value is -3.60. The maximum absolute atomic E-state index is 12.5. The van der Waals surface area contributed by atoms with Crippen LogP contribution in [0.2, 0.25) is 0 Å². The van der Waals surface area contributed by atoms with Crippen LogP contribution in [0.5, 0.6) is 0 Å². The molecule has 0 heterocycles. The first kappa shape index (κ1) is 19.7. The second-order valence-electron chi connectivity index (χ2n) is 7.49. The van der Waals surface area contributed by atoms with Crippen molar-refractivity contribution in [2.45, 2.75) is 24.8 Å². The average Bonchev–Trinajstić information content (AvgIpc) is 3.10. The molecular formula is C25H23NO4. The molecular weight excluding hydrogens is 378 g/mol. The first-order chi connectivity index (χ1) is 14.6. The topological polar surface area (TPSA) is 75.6 Å². The number of benzene rings is 3. The van der Waals surface area contributed by atoms with Crippen molar-refractivity contribution in [3.05, 3.63) is 95.6 Å². The van der Waals surface area contributed by atoms with Gasteiger partial charge in [-0.3, -0.25) is 0 Å². The Labute approximate surface area is 175 Å². The molecule has 2 N–H and O–H groups in total. The lowest BCUT2D eigenvalue weighted by molar-refractivity contribution is -0.139. The van der Waals surface area contributed by atoms with Gasteiger partial charge in [0.1, 0.15) is 12.6 Å².